The Kier molecular flexibility index (Phi) is 6.21. The average molecular weight is 456 g/mol. The molecule has 2 amide bonds. The van der Waals surface area contributed by atoms with Gasteiger partial charge in [0.1, 0.15) is 5.75 Å². The van der Waals surface area contributed by atoms with Crippen molar-refractivity contribution in [3.8, 4) is 5.75 Å². The average Bonchev–Trinajstić information content (AvgIpc) is 3.68. The highest BCUT2D eigenvalue weighted by Crippen LogP contribution is 2.30. The lowest BCUT2D eigenvalue weighted by Crippen LogP contribution is -2.33. The number of amides is 2. The van der Waals surface area contributed by atoms with E-state index in [1.165, 1.54) is 11.1 Å². The first kappa shape index (κ1) is 22.0. The molecular weight excluding hydrogens is 426 g/mol. The van der Waals surface area contributed by atoms with Crippen molar-refractivity contribution in [3.63, 3.8) is 0 Å². The highest BCUT2D eigenvalue weighted by Gasteiger charge is 2.27. The lowest BCUT2D eigenvalue weighted by molar-refractivity contribution is -0.115. The minimum Gasteiger partial charge on any atom is -0.497 e. The van der Waals surface area contributed by atoms with E-state index in [0.717, 1.165) is 49.4 Å². The molecule has 1 fully saturated rings. The Morgan fingerprint density at radius 3 is 2.50 bits per heavy atom. The molecule has 1 saturated carbocycles. The van der Waals surface area contributed by atoms with Crippen LogP contribution in [0.5, 0.6) is 5.75 Å². The fourth-order valence-electron chi connectivity index (χ4n) is 4.40. The lowest BCUT2D eigenvalue weighted by atomic mass is 9.98. The number of nitrogens with zero attached hydrogens (tertiary/aromatic N) is 1. The Balaban J connectivity index is 1.35. The highest BCUT2D eigenvalue weighted by atomic mass is 16.5. The molecule has 0 bridgehead atoms. The fraction of sp³-hybridized carbons (Fsp3) is 0.286. The van der Waals surface area contributed by atoms with Crippen LogP contribution in [0, 0.1) is 0 Å². The van der Waals surface area contributed by atoms with Gasteiger partial charge in [0.2, 0.25) is 5.91 Å². The summed E-state index contributed by atoms with van der Waals surface area (Å²) in [5.74, 6) is 0.548. The van der Waals surface area contributed by atoms with Crippen molar-refractivity contribution in [1.29, 1.82) is 0 Å². The van der Waals surface area contributed by atoms with Crippen molar-refractivity contribution in [1.82, 2.24) is 5.32 Å². The highest BCUT2D eigenvalue weighted by molar-refractivity contribution is 6.02. The standard InChI is InChI=1S/C28H29N3O3/c1-34-24-11-6-19(7-12-24)16-27(32)29-23-10-13-26(25(17-23)28(33)30-22-8-9-22)31-15-14-20-4-2-3-5-21(20)18-31/h2-7,10-13,17,22H,8-9,14-16,18H2,1H3,(H,29,32)(H,30,33). The molecule has 0 spiro atoms. The second-order valence-corrected chi connectivity index (χ2v) is 8.99. The summed E-state index contributed by atoms with van der Waals surface area (Å²) in [5, 5.41) is 6.07. The quantitative estimate of drug-likeness (QED) is 0.556. The van der Waals surface area contributed by atoms with Crippen LogP contribution in [-0.2, 0) is 24.2 Å². The van der Waals surface area contributed by atoms with Gasteiger partial charge in [0.25, 0.3) is 5.91 Å². The monoisotopic (exact) mass is 455 g/mol. The minimum absolute atomic E-state index is 0.0809. The van der Waals surface area contributed by atoms with E-state index >= 15 is 0 Å². The van der Waals surface area contributed by atoms with E-state index in [2.05, 4.69) is 39.8 Å². The molecule has 1 aliphatic heterocycles. The molecule has 0 aromatic heterocycles. The van der Waals surface area contributed by atoms with Crippen LogP contribution in [-0.4, -0.2) is 31.5 Å². The van der Waals surface area contributed by atoms with E-state index in [9.17, 15) is 9.59 Å². The number of anilines is 2. The Hall–Kier alpha value is -3.80. The maximum absolute atomic E-state index is 13.1. The van der Waals surface area contributed by atoms with Gasteiger partial charge in [-0.3, -0.25) is 9.59 Å². The van der Waals surface area contributed by atoms with Crippen LogP contribution >= 0.6 is 0 Å². The van der Waals surface area contributed by atoms with Crippen molar-refractivity contribution >= 4 is 23.2 Å². The topological polar surface area (TPSA) is 70.7 Å². The van der Waals surface area contributed by atoms with Gasteiger partial charge < -0.3 is 20.3 Å². The second kappa shape index (κ2) is 9.59. The molecule has 2 aliphatic rings. The molecule has 1 heterocycles. The van der Waals surface area contributed by atoms with Crippen LogP contribution in [0.3, 0.4) is 0 Å². The van der Waals surface area contributed by atoms with E-state index in [4.69, 9.17) is 4.74 Å². The zero-order valence-electron chi connectivity index (χ0n) is 19.3. The van der Waals surface area contributed by atoms with Crippen LogP contribution in [0.25, 0.3) is 0 Å². The minimum atomic E-state index is -0.127. The largest absolute Gasteiger partial charge is 0.497 e. The Morgan fingerprint density at radius 1 is 1.00 bits per heavy atom. The number of rotatable bonds is 7. The molecule has 34 heavy (non-hydrogen) atoms. The molecule has 0 saturated heterocycles. The second-order valence-electron chi connectivity index (χ2n) is 8.99. The van der Waals surface area contributed by atoms with Crippen LogP contribution in [0.4, 0.5) is 11.4 Å². The number of fused-ring (bicyclic) bond motifs is 1. The number of carbonyl (C=O) groups is 2. The molecule has 1 aliphatic carbocycles. The summed E-state index contributed by atoms with van der Waals surface area (Å²) in [4.78, 5) is 28.1. The van der Waals surface area contributed by atoms with Gasteiger partial charge in [-0.25, -0.2) is 0 Å². The number of benzene rings is 3. The molecule has 0 atom stereocenters. The van der Waals surface area contributed by atoms with Gasteiger partial charge in [-0.05, 0) is 66.3 Å². The molecular formula is C28H29N3O3. The molecule has 3 aromatic rings. The molecule has 174 valence electrons. The van der Waals surface area contributed by atoms with E-state index in [1.807, 2.05) is 36.4 Å². The molecule has 0 unspecified atom stereocenters. The number of hydrogen-bond donors (Lipinski definition) is 2. The maximum atomic E-state index is 13.1. The summed E-state index contributed by atoms with van der Waals surface area (Å²) in [7, 11) is 1.62. The summed E-state index contributed by atoms with van der Waals surface area (Å²) in [5.41, 5.74) is 5.69. The number of methoxy groups -OCH3 is 1. The fourth-order valence-corrected chi connectivity index (χ4v) is 4.40. The summed E-state index contributed by atoms with van der Waals surface area (Å²) in [6.07, 6.45) is 3.24. The smallest absolute Gasteiger partial charge is 0.253 e. The van der Waals surface area contributed by atoms with Crippen molar-refractivity contribution < 1.29 is 14.3 Å². The first-order chi connectivity index (χ1) is 16.6. The number of ether oxygens (including phenoxy) is 1. The van der Waals surface area contributed by atoms with Gasteiger partial charge in [-0.2, -0.15) is 0 Å². The predicted octanol–water partition coefficient (Wildman–Crippen LogP) is 4.33. The van der Waals surface area contributed by atoms with Gasteiger partial charge in [0.05, 0.1) is 19.1 Å². The lowest BCUT2D eigenvalue weighted by Gasteiger charge is -2.32. The summed E-state index contributed by atoms with van der Waals surface area (Å²) in [6.45, 7) is 1.62. The van der Waals surface area contributed by atoms with Crippen molar-refractivity contribution in [2.24, 2.45) is 0 Å². The number of hydrogen-bond acceptors (Lipinski definition) is 4. The molecule has 2 N–H and O–H groups in total. The van der Waals surface area contributed by atoms with Gasteiger partial charge in [-0.15, -0.1) is 0 Å². The summed E-state index contributed by atoms with van der Waals surface area (Å²) in [6, 6.07) is 21.8. The Morgan fingerprint density at radius 2 is 1.76 bits per heavy atom. The number of carbonyl (C=O) groups excluding carboxylic acids is 2. The van der Waals surface area contributed by atoms with E-state index in [0.29, 0.717) is 11.3 Å². The van der Waals surface area contributed by atoms with Gasteiger partial charge in [0.15, 0.2) is 0 Å². The summed E-state index contributed by atoms with van der Waals surface area (Å²) < 4.78 is 5.18. The predicted molar refractivity (Wildman–Crippen MR) is 133 cm³/mol. The van der Waals surface area contributed by atoms with E-state index < -0.39 is 0 Å². The maximum Gasteiger partial charge on any atom is 0.253 e. The third kappa shape index (κ3) is 5.06. The van der Waals surface area contributed by atoms with E-state index in [1.54, 1.807) is 13.2 Å². The number of nitrogens with one attached hydrogen (secondary N) is 2. The SMILES string of the molecule is COc1ccc(CC(=O)Nc2ccc(N3CCc4ccccc4C3)c(C(=O)NC3CC3)c2)cc1. The Labute approximate surface area is 199 Å². The van der Waals surface area contributed by atoms with Crippen molar-refractivity contribution in [2.45, 2.75) is 38.3 Å². The van der Waals surface area contributed by atoms with Crippen LogP contribution < -0.4 is 20.3 Å². The zero-order valence-corrected chi connectivity index (χ0v) is 19.3. The Bertz CT molecular complexity index is 1200. The summed E-state index contributed by atoms with van der Waals surface area (Å²) >= 11 is 0. The van der Waals surface area contributed by atoms with Crippen LogP contribution in [0.15, 0.2) is 66.7 Å². The van der Waals surface area contributed by atoms with Crippen LogP contribution in [0.1, 0.15) is 39.9 Å². The normalized spacial score (nSPS) is 14.8. The van der Waals surface area contributed by atoms with Gasteiger partial charge in [0, 0.05) is 30.5 Å². The first-order valence-corrected chi connectivity index (χ1v) is 11.8. The molecule has 0 radical (unpaired) electrons. The zero-order chi connectivity index (χ0) is 23.5. The van der Waals surface area contributed by atoms with Crippen LogP contribution in [0.2, 0.25) is 0 Å². The molecule has 3 aromatic carbocycles. The first-order valence-electron chi connectivity index (χ1n) is 11.8. The van der Waals surface area contributed by atoms with Gasteiger partial charge in [-0.1, -0.05) is 36.4 Å². The third-order valence-electron chi connectivity index (χ3n) is 6.43. The molecule has 6 nitrogen and oxygen atoms in total. The third-order valence-corrected chi connectivity index (χ3v) is 6.43. The molecule has 5 rings (SSSR count). The van der Waals surface area contributed by atoms with Crippen molar-refractivity contribution in [2.75, 3.05) is 23.9 Å². The van der Waals surface area contributed by atoms with E-state index in [-0.39, 0.29) is 24.3 Å². The molecule has 6 heteroatoms. The van der Waals surface area contributed by atoms with Gasteiger partial charge >= 0.3 is 0 Å². The van der Waals surface area contributed by atoms with Crippen molar-refractivity contribution in [3.05, 3.63) is 89.0 Å².